The summed E-state index contributed by atoms with van der Waals surface area (Å²) in [5.41, 5.74) is 12.5. The third-order valence-electron chi connectivity index (χ3n) is 4.70. The van der Waals surface area contributed by atoms with Gasteiger partial charge in [0.2, 0.25) is 15.8 Å². The third-order valence-corrected chi connectivity index (χ3v) is 8.55. The molecule has 0 spiro atoms. The highest BCUT2D eigenvalue weighted by molar-refractivity contribution is 7.93. The lowest BCUT2D eigenvalue weighted by molar-refractivity contribution is 0.274. The maximum absolute atomic E-state index is 13.1. The average molecular weight is 511 g/mol. The van der Waals surface area contributed by atoms with Gasteiger partial charge in [0, 0.05) is 11.6 Å². The van der Waals surface area contributed by atoms with Gasteiger partial charge in [-0.05, 0) is 22.9 Å². The summed E-state index contributed by atoms with van der Waals surface area (Å²) in [6.07, 6.45) is 0. The Morgan fingerprint density at radius 2 is 1.88 bits per heavy atom. The van der Waals surface area contributed by atoms with Crippen LogP contribution in [-0.4, -0.2) is 66.0 Å². The molecule has 0 saturated carbocycles. The number of aliphatic hydroxyl groups is 1. The van der Waals surface area contributed by atoms with Crippen LogP contribution < -0.4 is 16.6 Å². The predicted molar refractivity (Wildman–Crippen MR) is 121 cm³/mol. The van der Waals surface area contributed by atoms with E-state index in [9.17, 15) is 21.9 Å². The lowest BCUT2D eigenvalue weighted by atomic mass is 9.98. The molecule has 0 amide bonds. The fraction of sp³-hybridized carbons (Fsp3) is 0.176. The van der Waals surface area contributed by atoms with Crippen molar-refractivity contribution >= 4 is 46.5 Å². The lowest BCUT2D eigenvalue weighted by Gasteiger charge is -2.17. The van der Waals surface area contributed by atoms with E-state index in [4.69, 9.17) is 16.6 Å². The first kappa shape index (κ1) is 23.1. The Hall–Kier alpha value is -3.02. The molecule has 174 valence electrons. The normalized spacial score (nSPS) is 13.4. The maximum atomic E-state index is 13.1. The van der Waals surface area contributed by atoms with Crippen molar-refractivity contribution in [3.8, 4) is 22.5 Å². The highest BCUT2D eigenvalue weighted by atomic mass is 32.2. The molecule has 0 saturated heterocycles. The molecule has 4 aromatic rings. The number of para-hydroxylation sites is 1. The number of hydrogen-bond acceptors (Lipinski definition) is 12. The minimum atomic E-state index is -4.64. The van der Waals surface area contributed by atoms with Crippen LogP contribution in [0.15, 0.2) is 40.1 Å². The van der Waals surface area contributed by atoms with Gasteiger partial charge in [-0.25, -0.2) is 27.0 Å². The van der Waals surface area contributed by atoms with Gasteiger partial charge in [0.15, 0.2) is 15.0 Å². The average Bonchev–Trinajstić information content (AvgIpc) is 3.40. The monoisotopic (exact) mass is 510 g/mol. The Bertz CT molecular complexity index is 1550. The molecule has 4 rings (SSSR count). The van der Waals surface area contributed by atoms with Crippen LogP contribution in [0.3, 0.4) is 0 Å². The van der Waals surface area contributed by atoms with Gasteiger partial charge in [0.1, 0.15) is 4.90 Å². The van der Waals surface area contributed by atoms with Gasteiger partial charge >= 0.3 is 0 Å². The molecule has 13 nitrogen and oxygen atoms in total. The van der Waals surface area contributed by atoms with Crippen LogP contribution in [-0.2, 0) is 19.9 Å². The molecule has 33 heavy (non-hydrogen) atoms. The summed E-state index contributed by atoms with van der Waals surface area (Å²) >= 11 is 1.23. The minimum Gasteiger partial charge on any atom is -0.395 e. The highest BCUT2D eigenvalue weighted by Crippen LogP contribution is 2.42. The second-order valence-corrected chi connectivity index (χ2v) is 11.6. The van der Waals surface area contributed by atoms with Crippen LogP contribution in [0.4, 0.5) is 5.13 Å². The smallest absolute Gasteiger partial charge is 0.240 e. The second-order valence-electron chi connectivity index (χ2n) is 7.02. The van der Waals surface area contributed by atoms with E-state index in [0.717, 1.165) is 10.8 Å². The Morgan fingerprint density at radius 1 is 1.12 bits per heavy atom. The van der Waals surface area contributed by atoms with Crippen molar-refractivity contribution in [3.63, 3.8) is 0 Å². The number of nitrogens with zero attached hydrogens (tertiary/aromatic N) is 4. The van der Waals surface area contributed by atoms with E-state index in [2.05, 4.69) is 25.6 Å². The van der Waals surface area contributed by atoms with Crippen LogP contribution >= 0.6 is 11.3 Å². The number of sulfone groups is 1. The summed E-state index contributed by atoms with van der Waals surface area (Å²) in [5, 5.41) is 28.4. The molecule has 0 fully saturated rings. The Balaban J connectivity index is 2.13. The fourth-order valence-corrected chi connectivity index (χ4v) is 7.25. The van der Waals surface area contributed by atoms with E-state index in [1.165, 1.54) is 17.4 Å². The number of thiazole rings is 1. The SMILES string of the molecule is Nc1nc2c(-c3ccc(S(=O)(=O)CC(N)CO)c(S(N)(=O)=O)c3-c3nn[nH]n3)cccc2s1. The van der Waals surface area contributed by atoms with E-state index < -0.39 is 48.1 Å². The van der Waals surface area contributed by atoms with Gasteiger partial charge in [-0.15, -0.1) is 10.2 Å². The first-order valence-corrected chi connectivity index (χ1v) is 13.2. The molecule has 1 unspecified atom stereocenters. The fourth-order valence-electron chi connectivity index (χ4n) is 3.41. The molecule has 0 aliphatic carbocycles. The second kappa shape index (κ2) is 8.40. The van der Waals surface area contributed by atoms with E-state index in [-0.39, 0.29) is 17.0 Å². The van der Waals surface area contributed by atoms with Crippen molar-refractivity contribution in [1.82, 2.24) is 25.6 Å². The quantitative estimate of drug-likeness (QED) is 0.212. The van der Waals surface area contributed by atoms with Crippen LogP contribution in [0.25, 0.3) is 32.7 Å². The molecule has 16 heteroatoms. The van der Waals surface area contributed by atoms with Gasteiger partial charge in [0.25, 0.3) is 0 Å². The summed E-state index contributed by atoms with van der Waals surface area (Å²) in [6.45, 7) is -0.618. The number of aliphatic hydroxyl groups excluding tert-OH is 1. The molecule has 0 aliphatic rings. The lowest BCUT2D eigenvalue weighted by Crippen LogP contribution is -2.33. The van der Waals surface area contributed by atoms with Crippen molar-refractivity contribution < 1.29 is 21.9 Å². The van der Waals surface area contributed by atoms with Gasteiger partial charge in [-0.1, -0.05) is 29.5 Å². The zero-order valence-electron chi connectivity index (χ0n) is 16.7. The number of primary sulfonamides is 1. The van der Waals surface area contributed by atoms with Crippen molar-refractivity contribution in [2.45, 2.75) is 15.8 Å². The van der Waals surface area contributed by atoms with Crippen molar-refractivity contribution in [1.29, 1.82) is 0 Å². The summed E-state index contributed by atoms with van der Waals surface area (Å²) in [5.74, 6) is -0.910. The van der Waals surface area contributed by atoms with Crippen LogP contribution in [0, 0.1) is 0 Å². The third kappa shape index (κ3) is 4.31. The number of rotatable bonds is 7. The summed E-state index contributed by atoms with van der Waals surface area (Å²) in [7, 11) is -8.94. The summed E-state index contributed by atoms with van der Waals surface area (Å²) in [4.78, 5) is 3.00. The zero-order chi connectivity index (χ0) is 24.0. The molecule has 2 aromatic heterocycles. The summed E-state index contributed by atoms with van der Waals surface area (Å²) in [6, 6.07) is 6.56. The van der Waals surface area contributed by atoms with Crippen LogP contribution in [0.2, 0.25) is 0 Å². The van der Waals surface area contributed by atoms with Gasteiger partial charge in [0.05, 0.1) is 33.0 Å². The van der Waals surface area contributed by atoms with Gasteiger partial charge in [-0.2, -0.15) is 5.21 Å². The molecule has 2 heterocycles. The van der Waals surface area contributed by atoms with E-state index in [1.807, 2.05) is 0 Å². The minimum absolute atomic E-state index is 0.177. The van der Waals surface area contributed by atoms with E-state index in [1.54, 1.807) is 18.2 Å². The number of fused-ring (bicyclic) bond motifs is 1. The molecule has 0 radical (unpaired) electrons. The van der Waals surface area contributed by atoms with Crippen LogP contribution in [0.5, 0.6) is 0 Å². The predicted octanol–water partition coefficient (Wildman–Crippen LogP) is -0.534. The number of benzene rings is 2. The number of aromatic nitrogens is 5. The number of aromatic amines is 1. The first-order valence-electron chi connectivity index (χ1n) is 9.21. The Labute approximate surface area is 191 Å². The number of H-pyrrole nitrogens is 1. The zero-order valence-corrected chi connectivity index (χ0v) is 19.2. The molecule has 8 N–H and O–H groups in total. The van der Waals surface area contributed by atoms with E-state index in [0.29, 0.717) is 16.2 Å². The van der Waals surface area contributed by atoms with Crippen molar-refractivity contribution in [3.05, 3.63) is 30.3 Å². The molecule has 0 aliphatic heterocycles. The molecule has 2 aromatic carbocycles. The number of nitrogen functional groups attached to an aromatic ring is 1. The number of sulfonamides is 1. The van der Waals surface area contributed by atoms with Gasteiger partial charge in [-0.3, -0.25) is 0 Å². The number of hydrogen-bond donors (Lipinski definition) is 5. The van der Waals surface area contributed by atoms with Crippen molar-refractivity contribution in [2.24, 2.45) is 10.9 Å². The van der Waals surface area contributed by atoms with Crippen LogP contribution in [0.1, 0.15) is 0 Å². The molecular formula is C17H18N8O5S3. The number of nitrogens with two attached hydrogens (primary N) is 3. The van der Waals surface area contributed by atoms with E-state index >= 15 is 0 Å². The highest BCUT2D eigenvalue weighted by Gasteiger charge is 2.33. The number of anilines is 1. The van der Waals surface area contributed by atoms with Crippen molar-refractivity contribution in [2.75, 3.05) is 18.1 Å². The first-order chi connectivity index (χ1) is 15.5. The maximum Gasteiger partial charge on any atom is 0.240 e. The molecule has 1 atom stereocenters. The Kier molecular flexibility index (Phi) is 5.89. The standard InChI is InChI=1S/C17H18N8O5S3/c18-8(6-26)7-32(27,28)12-5-4-9(10-2-1-3-11-14(10)21-17(19)31-11)13(15(12)33(20,29)30)16-22-24-25-23-16/h1-5,8,26H,6-7,18H2,(H2,19,21)(H2,20,29,30)(H,22,23,24,25). The number of nitrogens with one attached hydrogen (secondary N) is 1. The molecular weight excluding hydrogens is 492 g/mol. The number of tetrazole rings is 1. The largest absolute Gasteiger partial charge is 0.395 e. The van der Waals surface area contributed by atoms with Gasteiger partial charge < -0.3 is 16.6 Å². The molecule has 0 bridgehead atoms. The topological polar surface area (TPSA) is 234 Å². The Morgan fingerprint density at radius 3 is 2.52 bits per heavy atom. The summed E-state index contributed by atoms with van der Waals surface area (Å²) < 4.78 is 52.3.